The highest BCUT2D eigenvalue weighted by Gasteiger charge is 2.15. The van der Waals surface area contributed by atoms with Crippen molar-refractivity contribution >= 4 is 5.91 Å². The topological polar surface area (TPSA) is 51.7 Å². The molecule has 1 heterocycles. The summed E-state index contributed by atoms with van der Waals surface area (Å²) < 4.78 is 11.5. The summed E-state index contributed by atoms with van der Waals surface area (Å²) in [6, 6.07) is 9.15. The van der Waals surface area contributed by atoms with E-state index in [1.165, 1.54) is 0 Å². The van der Waals surface area contributed by atoms with Crippen LogP contribution in [0.4, 0.5) is 0 Å². The van der Waals surface area contributed by atoms with Gasteiger partial charge in [-0.05, 0) is 49.2 Å². The fourth-order valence-corrected chi connectivity index (χ4v) is 2.39. The lowest BCUT2D eigenvalue weighted by atomic mass is 10.1. The second-order valence-corrected chi connectivity index (χ2v) is 5.82. The molecule has 0 fully saturated rings. The summed E-state index contributed by atoms with van der Waals surface area (Å²) in [4.78, 5) is 18.3. The van der Waals surface area contributed by atoms with E-state index < -0.39 is 0 Å². The van der Waals surface area contributed by atoms with E-state index in [-0.39, 0.29) is 5.91 Å². The molecule has 2 aromatic rings. The average Bonchev–Trinajstić information content (AvgIpc) is 2.65. The third-order valence-corrected chi connectivity index (χ3v) is 3.83. The van der Waals surface area contributed by atoms with Gasteiger partial charge >= 0.3 is 0 Å². The highest BCUT2D eigenvalue weighted by molar-refractivity contribution is 5.94. The van der Waals surface area contributed by atoms with Gasteiger partial charge in [0.05, 0.1) is 6.61 Å². The van der Waals surface area contributed by atoms with Gasteiger partial charge in [-0.3, -0.25) is 9.78 Å². The summed E-state index contributed by atoms with van der Waals surface area (Å²) in [5, 5.41) is 0. The first-order valence-electron chi connectivity index (χ1n) is 8.69. The summed E-state index contributed by atoms with van der Waals surface area (Å²) in [5.41, 5.74) is 1.63. The zero-order chi connectivity index (χ0) is 18.1. The van der Waals surface area contributed by atoms with Crippen LogP contribution in [-0.4, -0.2) is 36.0 Å². The van der Waals surface area contributed by atoms with Crippen molar-refractivity contribution in [2.24, 2.45) is 0 Å². The molecular weight excluding hydrogens is 316 g/mol. The normalized spacial score (nSPS) is 10.4. The van der Waals surface area contributed by atoms with Gasteiger partial charge in [0.15, 0.2) is 11.5 Å². The molecule has 0 aliphatic carbocycles. The van der Waals surface area contributed by atoms with Crippen molar-refractivity contribution in [3.63, 3.8) is 0 Å². The van der Waals surface area contributed by atoms with Crippen LogP contribution < -0.4 is 9.47 Å². The molecule has 0 saturated heterocycles. The Labute approximate surface area is 149 Å². The summed E-state index contributed by atoms with van der Waals surface area (Å²) in [7, 11) is 1.83. The predicted molar refractivity (Wildman–Crippen MR) is 98.0 cm³/mol. The molecule has 0 bridgehead atoms. The minimum atomic E-state index is -0.00455. The number of hydrogen-bond donors (Lipinski definition) is 0. The Kier molecular flexibility index (Phi) is 7.26. The predicted octanol–water partition coefficient (Wildman–Crippen LogP) is 3.93. The smallest absolute Gasteiger partial charge is 0.253 e. The Morgan fingerprint density at radius 2 is 1.84 bits per heavy atom. The van der Waals surface area contributed by atoms with Gasteiger partial charge in [-0.2, -0.15) is 0 Å². The largest absolute Gasteiger partial charge is 0.490 e. The van der Waals surface area contributed by atoms with Crippen LogP contribution in [0.15, 0.2) is 42.7 Å². The number of hydrogen-bond acceptors (Lipinski definition) is 4. The number of aromatic nitrogens is 1. The van der Waals surface area contributed by atoms with Gasteiger partial charge in [0.1, 0.15) is 6.61 Å². The lowest BCUT2D eigenvalue weighted by molar-refractivity contribution is 0.0792. The average molecular weight is 342 g/mol. The number of rotatable bonds is 9. The van der Waals surface area contributed by atoms with E-state index in [9.17, 15) is 4.79 Å². The molecule has 0 spiro atoms. The minimum absolute atomic E-state index is 0.00455. The molecule has 0 aliphatic heterocycles. The minimum Gasteiger partial charge on any atom is -0.490 e. The number of carbonyl (C=O) groups excluding carboxylic acids is 1. The van der Waals surface area contributed by atoms with Gasteiger partial charge in [0.25, 0.3) is 5.91 Å². The first kappa shape index (κ1) is 18.8. The zero-order valence-corrected chi connectivity index (χ0v) is 15.2. The van der Waals surface area contributed by atoms with Crippen LogP contribution in [0.1, 0.15) is 42.6 Å². The Morgan fingerprint density at radius 1 is 1.08 bits per heavy atom. The molecule has 134 valence electrons. The molecule has 0 aliphatic rings. The van der Waals surface area contributed by atoms with Crippen LogP contribution in [0.5, 0.6) is 11.5 Å². The molecule has 0 saturated carbocycles. The third-order valence-electron chi connectivity index (χ3n) is 3.83. The maximum atomic E-state index is 12.5. The van der Waals surface area contributed by atoms with E-state index in [1.807, 2.05) is 26.1 Å². The summed E-state index contributed by atoms with van der Waals surface area (Å²) in [6.07, 6.45) is 5.52. The molecule has 0 radical (unpaired) electrons. The van der Waals surface area contributed by atoms with Crippen LogP contribution in [0.3, 0.4) is 0 Å². The van der Waals surface area contributed by atoms with E-state index in [0.717, 1.165) is 24.9 Å². The van der Waals surface area contributed by atoms with Gasteiger partial charge in [-0.25, -0.2) is 0 Å². The quantitative estimate of drug-likeness (QED) is 0.693. The molecule has 1 amide bonds. The van der Waals surface area contributed by atoms with Gasteiger partial charge < -0.3 is 14.4 Å². The highest BCUT2D eigenvalue weighted by atomic mass is 16.5. The first-order chi connectivity index (χ1) is 12.2. The molecule has 2 rings (SSSR count). The lowest BCUT2D eigenvalue weighted by Gasteiger charge is -2.18. The van der Waals surface area contributed by atoms with Crippen molar-refractivity contribution in [2.75, 3.05) is 20.2 Å². The second-order valence-electron chi connectivity index (χ2n) is 5.82. The maximum absolute atomic E-state index is 12.5. The number of ether oxygens (including phenoxy) is 2. The van der Waals surface area contributed by atoms with Crippen molar-refractivity contribution in [2.45, 2.75) is 33.3 Å². The molecule has 25 heavy (non-hydrogen) atoms. The van der Waals surface area contributed by atoms with Crippen LogP contribution in [0.2, 0.25) is 0 Å². The van der Waals surface area contributed by atoms with Crippen LogP contribution in [0.25, 0.3) is 0 Å². The number of amides is 1. The number of benzene rings is 1. The van der Waals surface area contributed by atoms with Crippen LogP contribution in [-0.2, 0) is 6.61 Å². The fraction of sp³-hybridized carbons (Fsp3) is 0.400. The van der Waals surface area contributed by atoms with E-state index in [1.54, 1.807) is 35.5 Å². The molecule has 0 N–H and O–H groups in total. The Morgan fingerprint density at radius 3 is 2.52 bits per heavy atom. The summed E-state index contributed by atoms with van der Waals surface area (Å²) >= 11 is 0. The molecule has 5 heteroatoms. The maximum Gasteiger partial charge on any atom is 0.253 e. The molecular formula is C20H26N2O3. The van der Waals surface area contributed by atoms with E-state index in [0.29, 0.717) is 30.3 Å². The standard InChI is InChI=1S/C20H26N2O3/c1-4-6-13-22(3)20(23)17-7-8-18(19(14-17)24-5-2)25-15-16-9-11-21-12-10-16/h7-12,14H,4-6,13,15H2,1-3H3. The number of unbranched alkanes of at least 4 members (excludes halogenated alkanes) is 1. The monoisotopic (exact) mass is 342 g/mol. The number of nitrogens with zero attached hydrogens (tertiary/aromatic N) is 2. The zero-order valence-electron chi connectivity index (χ0n) is 15.2. The van der Waals surface area contributed by atoms with E-state index >= 15 is 0 Å². The molecule has 1 aromatic carbocycles. The van der Waals surface area contributed by atoms with Crippen LogP contribution >= 0.6 is 0 Å². The number of pyridine rings is 1. The number of carbonyl (C=O) groups is 1. The third kappa shape index (κ3) is 5.48. The van der Waals surface area contributed by atoms with E-state index in [4.69, 9.17) is 9.47 Å². The lowest BCUT2D eigenvalue weighted by Crippen LogP contribution is -2.27. The summed E-state index contributed by atoms with van der Waals surface area (Å²) in [5.74, 6) is 1.22. The molecule has 0 unspecified atom stereocenters. The molecule has 0 atom stereocenters. The second kappa shape index (κ2) is 9.67. The Bertz CT molecular complexity index is 674. The Balaban J connectivity index is 2.12. The van der Waals surface area contributed by atoms with Crippen molar-refractivity contribution < 1.29 is 14.3 Å². The Hall–Kier alpha value is -2.56. The van der Waals surface area contributed by atoms with Crippen molar-refractivity contribution in [1.82, 2.24) is 9.88 Å². The van der Waals surface area contributed by atoms with Crippen LogP contribution in [0, 0.1) is 0 Å². The summed E-state index contributed by atoms with van der Waals surface area (Å²) in [6.45, 7) is 5.70. The van der Waals surface area contributed by atoms with Crippen molar-refractivity contribution in [3.05, 3.63) is 53.9 Å². The fourth-order valence-electron chi connectivity index (χ4n) is 2.39. The molecule has 5 nitrogen and oxygen atoms in total. The SMILES string of the molecule is CCCCN(C)C(=O)c1ccc(OCc2ccncc2)c(OCC)c1. The van der Waals surface area contributed by atoms with Crippen molar-refractivity contribution in [1.29, 1.82) is 0 Å². The van der Waals surface area contributed by atoms with E-state index in [2.05, 4.69) is 11.9 Å². The van der Waals surface area contributed by atoms with Gasteiger partial charge in [-0.1, -0.05) is 13.3 Å². The van der Waals surface area contributed by atoms with Gasteiger partial charge in [0, 0.05) is 31.5 Å². The molecule has 1 aromatic heterocycles. The highest BCUT2D eigenvalue weighted by Crippen LogP contribution is 2.29. The van der Waals surface area contributed by atoms with Crippen molar-refractivity contribution in [3.8, 4) is 11.5 Å². The first-order valence-corrected chi connectivity index (χ1v) is 8.69. The van der Waals surface area contributed by atoms with Gasteiger partial charge in [-0.15, -0.1) is 0 Å². The van der Waals surface area contributed by atoms with Gasteiger partial charge in [0.2, 0.25) is 0 Å².